The summed E-state index contributed by atoms with van der Waals surface area (Å²) in [5.41, 5.74) is 3.50. The van der Waals surface area contributed by atoms with Crippen LogP contribution in [0, 0.1) is 11.8 Å². The number of carbonyl (C=O) groups excluding carboxylic acids is 1. The third kappa shape index (κ3) is 6.59. The molecule has 8 heteroatoms. The predicted molar refractivity (Wildman–Crippen MR) is 157 cm³/mol. The first-order chi connectivity index (χ1) is 17.6. The first-order valence-electron chi connectivity index (χ1n) is 12.7. The quantitative estimate of drug-likeness (QED) is 0.202. The number of hydrogen-bond acceptors (Lipinski definition) is 6. The third-order valence-electron chi connectivity index (χ3n) is 6.71. The molecule has 0 aliphatic carbocycles. The van der Waals surface area contributed by atoms with Gasteiger partial charge in [-0.3, -0.25) is 4.79 Å². The van der Waals surface area contributed by atoms with Gasteiger partial charge >= 0.3 is 0 Å². The number of rotatable bonds is 9. The lowest BCUT2D eigenvalue weighted by Crippen LogP contribution is -2.57. The number of hydrogen-bond donors (Lipinski definition) is 3. The summed E-state index contributed by atoms with van der Waals surface area (Å²) in [5, 5.41) is 9.64. The molecular weight excluding hydrogens is 577 g/mol. The Labute approximate surface area is 233 Å². The van der Waals surface area contributed by atoms with Crippen molar-refractivity contribution in [1.29, 1.82) is 0 Å². The molecule has 3 heterocycles. The number of aromatic nitrogens is 2. The van der Waals surface area contributed by atoms with Crippen molar-refractivity contribution < 1.29 is 9.53 Å². The molecule has 0 radical (unpaired) electrons. The van der Waals surface area contributed by atoms with Gasteiger partial charge in [0.05, 0.1) is 5.56 Å². The Kier molecular flexibility index (Phi) is 8.38. The van der Waals surface area contributed by atoms with Crippen LogP contribution in [0.15, 0.2) is 60.9 Å². The predicted octanol–water partition coefficient (Wildman–Crippen LogP) is 6.02. The maximum Gasteiger partial charge on any atom is 0.259 e. The van der Waals surface area contributed by atoms with Crippen LogP contribution in [0.5, 0.6) is 5.88 Å². The highest BCUT2D eigenvalue weighted by molar-refractivity contribution is 14.1. The SMILES string of the molecule is CC(C)C(I)(Oc1cc(CNc2ncccc2C(=O)Nc2ccc(C(C)(C)C)cc2)ccn1)C1CNC1. The molecule has 1 saturated heterocycles. The topological polar surface area (TPSA) is 88.2 Å². The van der Waals surface area contributed by atoms with Crippen LogP contribution in [0.1, 0.15) is 56.1 Å². The minimum Gasteiger partial charge on any atom is -0.460 e. The van der Waals surface area contributed by atoms with E-state index in [1.807, 2.05) is 36.4 Å². The van der Waals surface area contributed by atoms with Crippen molar-refractivity contribution in [2.75, 3.05) is 23.7 Å². The van der Waals surface area contributed by atoms with Crippen molar-refractivity contribution in [3.05, 3.63) is 77.6 Å². The standard InChI is InChI=1S/C29H36IN5O2/c1-19(2)29(30,22-17-31-18-22)37-25-15-20(12-14-32-25)16-34-26-24(7-6-13-33-26)27(36)35-23-10-8-21(9-11-23)28(3,4)5/h6-15,19,22,31H,16-18H2,1-5H3,(H,33,34)(H,35,36). The molecule has 1 aliphatic heterocycles. The molecule has 2 aromatic heterocycles. The van der Waals surface area contributed by atoms with Gasteiger partial charge in [0.25, 0.3) is 5.91 Å². The fourth-order valence-electron chi connectivity index (χ4n) is 4.18. The summed E-state index contributed by atoms with van der Waals surface area (Å²) in [7, 11) is 0. The lowest BCUT2D eigenvalue weighted by atomic mass is 9.87. The van der Waals surface area contributed by atoms with Crippen molar-refractivity contribution in [2.24, 2.45) is 11.8 Å². The summed E-state index contributed by atoms with van der Waals surface area (Å²) in [6.45, 7) is 13.3. The van der Waals surface area contributed by atoms with E-state index in [-0.39, 0.29) is 14.9 Å². The van der Waals surface area contributed by atoms with Gasteiger partial charge in [-0.2, -0.15) is 0 Å². The summed E-state index contributed by atoms with van der Waals surface area (Å²) in [6.07, 6.45) is 3.44. The number of anilines is 2. The molecule has 3 N–H and O–H groups in total. The number of nitrogens with one attached hydrogen (secondary N) is 3. The first kappa shape index (κ1) is 27.3. The summed E-state index contributed by atoms with van der Waals surface area (Å²) >= 11 is 2.44. The van der Waals surface area contributed by atoms with Gasteiger partial charge in [0.1, 0.15) is 5.82 Å². The Bertz CT molecular complexity index is 1220. The Balaban J connectivity index is 1.43. The fraction of sp³-hybridized carbons (Fsp3) is 0.414. The molecular formula is C29H36IN5O2. The number of benzene rings is 1. The zero-order chi connectivity index (χ0) is 26.6. The van der Waals surface area contributed by atoms with E-state index < -0.39 is 0 Å². The molecule has 37 heavy (non-hydrogen) atoms. The number of nitrogens with zero attached hydrogens (tertiary/aromatic N) is 2. The Morgan fingerprint density at radius 2 is 1.84 bits per heavy atom. The third-order valence-corrected chi connectivity index (χ3v) is 9.05. The second-order valence-electron chi connectivity index (χ2n) is 10.8. The van der Waals surface area contributed by atoms with Gasteiger partial charge < -0.3 is 20.7 Å². The van der Waals surface area contributed by atoms with Crippen LogP contribution in [-0.2, 0) is 12.0 Å². The van der Waals surface area contributed by atoms with Crippen LogP contribution >= 0.6 is 22.6 Å². The van der Waals surface area contributed by atoms with Gasteiger partial charge in [-0.05, 0) is 69.5 Å². The maximum atomic E-state index is 13.1. The molecule has 1 aromatic carbocycles. The zero-order valence-electron chi connectivity index (χ0n) is 22.1. The molecule has 4 rings (SSSR count). The highest BCUT2D eigenvalue weighted by Crippen LogP contribution is 2.40. The summed E-state index contributed by atoms with van der Waals surface area (Å²) < 4.78 is 6.13. The minimum atomic E-state index is -0.320. The lowest BCUT2D eigenvalue weighted by molar-refractivity contribution is 0.0409. The molecule has 1 fully saturated rings. The van der Waals surface area contributed by atoms with Gasteiger partial charge in [0, 0.05) is 55.6 Å². The summed E-state index contributed by atoms with van der Waals surface area (Å²) in [6, 6.07) is 15.4. The number of amides is 1. The highest BCUT2D eigenvalue weighted by atomic mass is 127. The molecule has 0 bridgehead atoms. The maximum absolute atomic E-state index is 13.1. The van der Waals surface area contributed by atoms with Gasteiger partial charge in [0.15, 0.2) is 3.61 Å². The molecule has 1 atom stereocenters. The Morgan fingerprint density at radius 3 is 2.46 bits per heavy atom. The first-order valence-corrected chi connectivity index (χ1v) is 13.8. The Hall–Kier alpha value is -2.72. The van der Waals surface area contributed by atoms with E-state index in [1.54, 1.807) is 24.5 Å². The van der Waals surface area contributed by atoms with Crippen LogP contribution in [0.2, 0.25) is 0 Å². The van der Waals surface area contributed by atoms with Crippen LogP contribution in [0.4, 0.5) is 11.5 Å². The molecule has 7 nitrogen and oxygen atoms in total. The van der Waals surface area contributed by atoms with E-state index in [9.17, 15) is 4.79 Å². The van der Waals surface area contributed by atoms with Gasteiger partial charge in [-0.25, -0.2) is 9.97 Å². The number of pyridine rings is 2. The average Bonchev–Trinajstić information content (AvgIpc) is 2.81. The molecule has 1 amide bonds. The smallest absolute Gasteiger partial charge is 0.259 e. The van der Waals surface area contributed by atoms with E-state index in [0.29, 0.717) is 35.6 Å². The summed E-state index contributed by atoms with van der Waals surface area (Å²) in [4.78, 5) is 22.0. The second kappa shape index (κ2) is 11.3. The van der Waals surface area contributed by atoms with Crippen LogP contribution in [0.3, 0.4) is 0 Å². The average molecular weight is 614 g/mol. The highest BCUT2D eigenvalue weighted by Gasteiger charge is 2.45. The van der Waals surface area contributed by atoms with Crippen molar-refractivity contribution >= 4 is 40.0 Å². The number of ether oxygens (including phenoxy) is 1. The minimum absolute atomic E-state index is 0.0578. The molecule has 196 valence electrons. The largest absolute Gasteiger partial charge is 0.460 e. The van der Waals surface area contributed by atoms with Crippen molar-refractivity contribution in [3.63, 3.8) is 0 Å². The van der Waals surface area contributed by atoms with Crippen molar-refractivity contribution in [2.45, 2.75) is 50.2 Å². The Morgan fingerprint density at radius 1 is 1.11 bits per heavy atom. The number of alkyl halides is 1. The van der Waals surface area contributed by atoms with E-state index in [1.165, 1.54) is 5.56 Å². The van der Waals surface area contributed by atoms with E-state index in [4.69, 9.17) is 4.74 Å². The van der Waals surface area contributed by atoms with Gasteiger partial charge in [-0.15, -0.1) is 0 Å². The normalized spacial score (nSPS) is 15.5. The van der Waals surface area contributed by atoms with Crippen molar-refractivity contribution in [1.82, 2.24) is 15.3 Å². The number of carbonyl (C=O) groups is 1. The summed E-state index contributed by atoms with van der Waals surface area (Å²) in [5.74, 6) is 1.70. The molecule has 1 unspecified atom stereocenters. The van der Waals surface area contributed by atoms with Crippen LogP contribution in [-0.4, -0.2) is 32.6 Å². The second-order valence-corrected chi connectivity index (χ2v) is 12.5. The van der Waals surface area contributed by atoms with Gasteiger partial charge in [-0.1, -0.05) is 46.8 Å². The van der Waals surface area contributed by atoms with E-state index >= 15 is 0 Å². The monoisotopic (exact) mass is 613 g/mol. The molecule has 0 spiro atoms. The molecule has 0 saturated carbocycles. The zero-order valence-corrected chi connectivity index (χ0v) is 24.3. The van der Waals surface area contributed by atoms with E-state index in [2.05, 4.69) is 83.1 Å². The molecule has 1 aliphatic rings. The molecule has 3 aromatic rings. The van der Waals surface area contributed by atoms with Gasteiger partial charge in [0.2, 0.25) is 5.88 Å². The van der Waals surface area contributed by atoms with E-state index in [0.717, 1.165) is 24.3 Å². The number of halogens is 1. The lowest BCUT2D eigenvalue weighted by Gasteiger charge is -2.44. The van der Waals surface area contributed by atoms with Crippen molar-refractivity contribution in [3.8, 4) is 5.88 Å². The van der Waals surface area contributed by atoms with Crippen LogP contribution < -0.4 is 20.7 Å². The van der Waals surface area contributed by atoms with Crippen LogP contribution in [0.25, 0.3) is 0 Å². The fourth-order valence-corrected chi connectivity index (χ4v) is 4.85.